The molecule has 1 aromatic heterocycles. The van der Waals surface area contributed by atoms with Gasteiger partial charge < -0.3 is 10.6 Å². The third-order valence-electron chi connectivity index (χ3n) is 2.61. The monoisotopic (exact) mass is 275 g/mol. The van der Waals surface area contributed by atoms with Gasteiger partial charge in [0.15, 0.2) is 5.13 Å². The van der Waals surface area contributed by atoms with Crippen LogP contribution in [0.4, 0.5) is 5.13 Å². The molecule has 1 aliphatic rings. The second kappa shape index (κ2) is 4.59. The summed E-state index contributed by atoms with van der Waals surface area (Å²) in [6.07, 6.45) is 1.24. The number of nitrogens with one attached hydrogen (secondary N) is 2. The van der Waals surface area contributed by atoms with E-state index in [1.807, 2.05) is 5.38 Å². The molecule has 0 aliphatic carbocycles. The van der Waals surface area contributed by atoms with E-state index in [4.69, 9.17) is 0 Å². The summed E-state index contributed by atoms with van der Waals surface area (Å²) in [4.78, 5) is 4.34. The van der Waals surface area contributed by atoms with Crippen LogP contribution in [-0.2, 0) is 0 Å². The molecule has 2 rings (SSSR count). The van der Waals surface area contributed by atoms with E-state index in [1.165, 1.54) is 6.42 Å². The van der Waals surface area contributed by atoms with Gasteiger partial charge in [0.2, 0.25) is 0 Å². The number of aromatic nitrogens is 1. The second-order valence-electron chi connectivity index (χ2n) is 3.70. The number of anilines is 1. The average Bonchev–Trinajstić information content (AvgIpc) is 2.56. The van der Waals surface area contributed by atoms with Crippen LogP contribution in [0.1, 0.15) is 13.3 Å². The molecule has 78 valence electrons. The highest BCUT2D eigenvalue weighted by molar-refractivity contribution is 9.10. The van der Waals surface area contributed by atoms with Crippen LogP contribution in [0.2, 0.25) is 0 Å². The zero-order chi connectivity index (χ0) is 9.97. The van der Waals surface area contributed by atoms with Crippen LogP contribution < -0.4 is 10.6 Å². The van der Waals surface area contributed by atoms with Crippen LogP contribution in [0.15, 0.2) is 9.98 Å². The minimum absolute atomic E-state index is 0.516. The minimum Gasteiger partial charge on any atom is -0.357 e. The lowest BCUT2D eigenvalue weighted by molar-refractivity contribution is 0.366. The smallest absolute Gasteiger partial charge is 0.184 e. The van der Waals surface area contributed by atoms with Crippen molar-refractivity contribution in [3.05, 3.63) is 9.98 Å². The van der Waals surface area contributed by atoms with Gasteiger partial charge in [-0.2, -0.15) is 0 Å². The van der Waals surface area contributed by atoms with Crippen molar-refractivity contribution in [1.82, 2.24) is 10.3 Å². The van der Waals surface area contributed by atoms with Crippen molar-refractivity contribution >= 4 is 32.4 Å². The molecule has 1 fully saturated rings. The Morgan fingerprint density at radius 2 is 2.57 bits per heavy atom. The zero-order valence-electron chi connectivity index (χ0n) is 8.09. The Morgan fingerprint density at radius 3 is 3.21 bits per heavy atom. The summed E-state index contributed by atoms with van der Waals surface area (Å²) in [7, 11) is 0. The highest BCUT2D eigenvalue weighted by Gasteiger charge is 2.21. The van der Waals surface area contributed by atoms with Crippen molar-refractivity contribution in [2.75, 3.05) is 18.4 Å². The molecule has 3 nitrogen and oxygen atoms in total. The number of nitrogens with zero attached hydrogens (tertiary/aromatic N) is 1. The lowest BCUT2D eigenvalue weighted by Gasteiger charge is -2.29. The van der Waals surface area contributed by atoms with Crippen LogP contribution >= 0.6 is 27.3 Å². The molecule has 0 aromatic carbocycles. The summed E-state index contributed by atoms with van der Waals surface area (Å²) in [5.41, 5.74) is 0. The van der Waals surface area contributed by atoms with Gasteiger partial charge in [0.25, 0.3) is 0 Å². The van der Waals surface area contributed by atoms with Gasteiger partial charge in [-0.05, 0) is 34.8 Å². The first-order valence-electron chi connectivity index (χ1n) is 4.84. The predicted molar refractivity (Wildman–Crippen MR) is 63.9 cm³/mol. The third kappa shape index (κ3) is 2.46. The summed E-state index contributed by atoms with van der Waals surface area (Å²) in [6, 6.07) is 0.516. The second-order valence-corrected chi connectivity index (χ2v) is 5.37. The van der Waals surface area contributed by atoms with Gasteiger partial charge in [-0.1, -0.05) is 6.92 Å². The van der Waals surface area contributed by atoms with E-state index in [0.29, 0.717) is 6.04 Å². The van der Waals surface area contributed by atoms with Gasteiger partial charge in [0, 0.05) is 18.0 Å². The van der Waals surface area contributed by atoms with Crippen LogP contribution in [0, 0.1) is 5.92 Å². The van der Waals surface area contributed by atoms with Gasteiger partial charge in [-0.15, -0.1) is 11.3 Å². The van der Waals surface area contributed by atoms with E-state index in [1.54, 1.807) is 11.3 Å². The predicted octanol–water partition coefficient (Wildman–Crippen LogP) is 2.32. The van der Waals surface area contributed by atoms with E-state index in [0.717, 1.165) is 28.7 Å². The Kier molecular flexibility index (Phi) is 3.41. The molecule has 1 aromatic rings. The first kappa shape index (κ1) is 10.4. The highest BCUT2D eigenvalue weighted by atomic mass is 79.9. The van der Waals surface area contributed by atoms with E-state index in [2.05, 4.69) is 38.5 Å². The van der Waals surface area contributed by atoms with E-state index in [9.17, 15) is 0 Å². The highest BCUT2D eigenvalue weighted by Crippen LogP contribution is 2.23. The number of piperidine rings is 1. The number of halogens is 1. The van der Waals surface area contributed by atoms with Gasteiger partial charge in [0.1, 0.15) is 4.60 Å². The fourth-order valence-corrected chi connectivity index (χ4v) is 2.87. The Hall–Kier alpha value is -0.130. The van der Waals surface area contributed by atoms with Crippen LogP contribution in [0.5, 0.6) is 0 Å². The molecule has 0 spiro atoms. The number of rotatable bonds is 2. The molecule has 5 heteroatoms. The molecule has 1 aliphatic heterocycles. The Labute approximate surface area is 96.4 Å². The van der Waals surface area contributed by atoms with Gasteiger partial charge in [-0.25, -0.2) is 4.98 Å². The summed E-state index contributed by atoms with van der Waals surface area (Å²) in [6.45, 7) is 4.47. The summed E-state index contributed by atoms with van der Waals surface area (Å²) in [5.74, 6) is 0.721. The Morgan fingerprint density at radius 1 is 1.71 bits per heavy atom. The summed E-state index contributed by atoms with van der Waals surface area (Å²) >= 11 is 5.00. The van der Waals surface area contributed by atoms with Crippen LogP contribution in [-0.4, -0.2) is 24.1 Å². The van der Waals surface area contributed by atoms with E-state index < -0.39 is 0 Å². The largest absolute Gasteiger partial charge is 0.357 e. The number of thiazole rings is 1. The van der Waals surface area contributed by atoms with Crippen LogP contribution in [0.3, 0.4) is 0 Å². The Bertz CT molecular complexity index is 302. The van der Waals surface area contributed by atoms with Gasteiger partial charge in [0.05, 0.1) is 0 Å². The van der Waals surface area contributed by atoms with Crippen molar-refractivity contribution < 1.29 is 0 Å². The molecular weight excluding hydrogens is 262 g/mol. The van der Waals surface area contributed by atoms with Crippen molar-refractivity contribution in [2.45, 2.75) is 19.4 Å². The molecule has 2 atom stereocenters. The van der Waals surface area contributed by atoms with Crippen molar-refractivity contribution in [3.8, 4) is 0 Å². The molecule has 14 heavy (non-hydrogen) atoms. The maximum atomic E-state index is 4.34. The first-order chi connectivity index (χ1) is 6.75. The molecule has 0 saturated carbocycles. The fraction of sp³-hybridized carbons (Fsp3) is 0.667. The molecule has 0 amide bonds. The zero-order valence-corrected chi connectivity index (χ0v) is 10.5. The summed E-state index contributed by atoms with van der Waals surface area (Å²) in [5, 5.41) is 9.88. The molecule has 0 radical (unpaired) electrons. The Balaban J connectivity index is 1.95. The summed E-state index contributed by atoms with van der Waals surface area (Å²) < 4.78 is 0.918. The topological polar surface area (TPSA) is 37.0 Å². The van der Waals surface area contributed by atoms with Crippen molar-refractivity contribution in [3.63, 3.8) is 0 Å². The average molecular weight is 276 g/mol. The SMILES string of the molecule is CC1CCNCC1Nc1nc(Br)cs1. The van der Waals surface area contributed by atoms with E-state index in [-0.39, 0.29) is 0 Å². The fourth-order valence-electron chi connectivity index (χ4n) is 1.66. The van der Waals surface area contributed by atoms with E-state index >= 15 is 0 Å². The standard InChI is InChI=1S/C9H14BrN3S/c1-6-2-3-11-4-7(6)12-9-13-8(10)5-14-9/h5-7,11H,2-4H2,1H3,(H,12,13). The maximum Gasteiger partial charge on any atom is 0.184 e. The number of hydrogen-bond donors (Lipinski definition) is 2. The lowest BCUT2D eigenvalue weighted by atomic mass is 9.95. The molecule has 1 saturated heterocycles. The minimum atomic E-state index is 0.516. The lowest BCUT2D eigenvalue weighted by Crippen LogP contribution is -2.43. The normalized spacial score (nSPS) is 27.6. The quantitative estimate of drug-likeness (QED) is 0.870. The molecule has 2 heterocycles. The van der Waals surface area contributed by atoms with Gasteiger partial charge in [-0.3, -0.25) is 0 Å². The maximum absolute atomic E-state index is 4.34. The van der Waals surface area contributed by atoms with Crippen LogP contribution in [0.25, 0.3) is 0 Å². The first-order valence-corrected chi connectivity index (χ1v) is 6.51. The van der Waals surface area contributed by atoms with Crippen molar-refractivity contribution in [2.24, 2.45) is 5.92 Å². The number of hydrogen-bond acceptors (Lipinski definition) is 4. The molecule has 2 unspecified atom stereocenters. The molecule has 2 N–H and O–H groups in total. The molecule has 0 bridgehead atoms. The third-order valence-corrected chi connectivity index (χ3v) is 4.10. The van der Waals surface area contributed by atoms with Crippen molar-refractivity contribution in [1.29, 1.82) is 0 Å². The van der Waals surface area contributed by atoms with Gasteiger partial charge >= 0.3 is 0 Å². The molecular formula is C9H14BrN3S.